The summed E-state index contributed by atoms with van der Waals surface area (Å²) in [5.74, 6) is 2.89. The van der Waals surface area contributed by atoms with Gasteiger partial charge in [-0.25, -0.2) is 0 Å². The fourth-order valence-corrected chi connectivity index (χ4v) is 5.09. The second-order valence-corrected chi connectivity index (χ2v) is 6.40. The molecule has 0 aliphatic heterocycles. The molecule has 0 heterocycles. The van der Waals surface area contributed by atoms with Gasteiger partial charge < -0.3 is 5.73 Å². The lowest BCUT2D eigenvalue weighted by atomic mass is 9.59. The van der Waals surface area contributed by atoms with Crippen LogP contribution in [0.25, 0.3) is 0 Å². The van der Waals surface area contributed by atoms with Gasteiger partial charge in [-0.15, -0.1) is 0 Å². The van der Waals surface area contributed by atoms with Crippen molar-refractivity contribution in [3.05, 3.63) is 0 Å². The Kier molecular flexibility index (Phi) is 2.35. The molecule has 1 nitrogen and oxygen atoms in total. The van der Waals surface area contributed by atoms with Crippen molar-refractivity contribution < 1.29 is 0 Å². The first kappa shape index (κ1) is 10.1. The van der Waals surface area contributed by atoms with Crippen molar-refractivity contribution in [1.29, 1.82) is 0 Å². The molecular weight excluding hydrogens is 182 g/mol. The van der Waals surface area contributed by atoms with Gasteiger partial charge in [0.1, 0.15) is 0 Å². The van der Waals surface area contributed by atoms with Crippen LogP contribution in [-0.4, -0.2) is 6.04 Å². The second-order valence-electron chi connectivity index (χ2n) is 6.40. The van der Waals surface area contributed by atoms with Gasteiger partial charge in [0.15, 0.2) is 0 Å². The monoisotopic (exact) mass is 207 g/mol. The van der Waals surface area contributed by atoms with Gasteiger partial charge in [0, 0.05) is 6.04 Å². The van der Waals surface area contributed by atoms with E-state index >= 15 is 0 Å². The molecular formula is C14H25N. The molecule has 0 aromatic carbocycles. The molecule has 3 saturated carbocycles. The average Bonchev–Trinajstić information content (AvgIpc) is 2.84. The molecule has 3 aliphatic rings. The van der Waals surface area contributed by atoms with Gasteiger partial charge in [0.2, 0.25) is 0 Å². The van der Waals surface area contributed by atoms with Crippen LogP contribution in [0.1, 0.15) is 58.3 Å². The normalized spacial score (nSPS) is 54.0. The first-order valence-electron chi connectivity index (χ1n) is 7.02. The minimum absolute atomic E-state index is 0.561. The maximum atomic E-state index is 6.55. The summed E-state index contributed by atoms with van der Waals surface area (Å²) in [6.07, 6.45) is 11.6. The molecule has 3 rings (SSSR count). The zero-order valence-electron chi connectivity index (χ0n) is 10.0. The van der Waals surface area contributed by atoms with Gasteiger partial charge >= 0.3 is 0 Å². The molecule has 5 atom stereocenters. The van der Waals surface area contributed by atoms with Crippen LogP contribution in [0.4, 0.5) is 0 Å². The second kappa shape index (κ2) is 3.48. The lowest BCUT2D eigenvalue weighted by molar-refractivity contribution is 0.0471. The third-order valence-corrected chi connectivity index (χ3v) is 5.96. The molecule has 0 aromatic rings. The number of fused-ring (bicyclic) bond motifs is 3. The van der Waals surface area contributed by atoms with E-state index in [0.29, 0.717) is 11.5 Å². The molecule has 3 fully saturated rings. The Labute approximate surface area is 93.8 Å². The molecule has 0 aromatic heterocycles. The topological polar surface area (TPSA) is 26.0 Å². The summed E-state index contributed by atoms with van der Waals surface area (Å²) in [7, 11) is 0. The Balaban J connectivity index is 1.83. The Morgan fingerprint density at radius 2 is 2.13 bits per heavy atom. The molecule has 1 unspecified atom stereocenters. The van der Waals surface area contributed by atoms with E-state index < -0.39 is 0 Å². The maximum Gasteiger partial charge on any atom is 0.0127 e. The third kappa shape index (κ3) is 1.32. The van der Waals surface area contributed by atoms with Gasteiger partial charge in [-0.3, -0.25) is 0 Å². The first-order valence-corrected chi connectivity index (χ1v) is 7.02. The predicted molar refractivity (Wildman–Crippen MR) is 63.5 cm³/mol. The van der Waals surface area contributed by atoms with Gasteiger partial charge in [-0.05, 0) is 55.3 Å². The first-order chi connectivity index (χ1) is 7.26. The van der Waals surface area contributed by atoms with Gasteiger partial charge in [-0.1, -0.05) is 26.2 Å². The lowest BCUT2D eigenvalue weighted by Crippen LogP contribution is -2.48. The highest BCUT2D eigenvalue weighted by Crippen LogP contribution is 2.61. The van der Waals surface area contributed by atoms with Gasteiger partial charge in [-0.2, -0.15) is 0 Å². The van der Waals surface area contributed by atoms with Crippen LogP contribution in [0.2, 0.25) is 0 Å². The molecule has 1 heteroatoms. The van der Waals surface area contributed by atoms with Crippen molar-refractivity contribution in [2.45, 2.75) is 64.3 Å². The zero-order valence-corrected chi connectivity index (χ0v) is 10.0. The SMILES string of the molecule is CC[C@H]1CCC[C@@]2(C1)C1CC[C@H](C1)[C@H]2N. The van der Waals surface area contributed by atoms with Gasteiger partial charge in [0.05, 0.1) is 0 Å². The third-order valence-electron chi connectivity index (χ3n) is 5.96. The van der Waals surface area contributed by atoms with Crippen LogP contribution < -0.4 is 5.73 Å². The molecule has 3 aliphatic carbocycles. The van der Waals surface area contributed by atoms with Gasteiger partial charge in [0.25, 0.3) is 0 Å². The standard InChI is InChI=1S/C14H25N/c1-2-10-4-3-7-14(9-10)12-6-5-11(8-12)13(14)15/h10-13H,2-9,15H2,1H3/t10-,11+,12?,13+,14+/m0/s1. The molecule has 2 N–H and O–H groups in total. The Morgan fingerprint density at radius 1 is 1.27 bits per heavy atom. The molecule has 86 valence electrons. The zero-order chi connectivity index (χ0) is 10.5. The molecule has 15 heavy (non-hydrogen) atoms. The number of hydrogen-bond donors (Lipinski definition) is 1. The quantitative estimate of drug-likeness (QED) is 0.701. The minimum Gasteiger partial charge on any atom is -0.327 e. The molecule has 0 radical (unpaired) electrons. The fraction of sp³-hybridized carbons (Fsp3) is 1.00. The summed E-state index contributed by atoms with van der Waals surface area (Å²) in [5, 5.41) is 0. The summed E-state index contributed by atoms with van der Waals surface area (Å²) in [6.45, 7) is 2.36. The lowest BCUT2D eigenvalue weighted by Gasteiger charge is -2.47. The van der Waals surface area contributed by atoms with Crippen molar-refractivity contribution in [3.63, 3.8) is 0 Å². The maximum absolute atomic E-state index is 6.55. The highest BCUT2D eigenvalue weighted by atomic mass is 14.8. The Bertz CT molecular complexity index is 246. The van der Waals surface area contributed by atoms with E-state index in [4.69, 9.17) is 5.73 Å². The highest BCUT2D eigenvalue weighted by Gasteiger charge is 2.57. The van der Waals surface area contributed by atoms with Crippen LogP contribution in [0.15, 0.2) is 0 Å². The van der Waals surface area contributed by atoms with Crippen molar-refractivity contribution in [2.24, 2.45) is 28.9 Å². The molecule has 1 spiro atoms. The van der Waals surface area contributed by atoms with E-state index in [-0.39, 0.29) is 0 Å². The largest absolute Gasteiger partial charge is 0.327 e. The van der Waals surface area contributed by atoms with Crippen molar-refractivity contribution in [1.82, 2.24) is 0 Å². The van der Waals surface area contributed by atoms with E-state index in [2.05, 4.69) is 6.92 Å². The Hall–Kier alpha value is -0.0400. The highest BCUT2D eigenvalue weighted by molar-refractivity contribution is 5.09. The Morgan fingerprint density at radius 3 is 2.80 bits per heavy atom. The summed E-state index contributed by atoms with van der Waals surface area (Å²) in [5.41, 5.74) is 7.15. The van der Waals surface area contributed by atoms with E-state index in [1.165, 1.54) is 51.4 Å². The number of nitrogens with two attached hydrogens (primary N) is 1. The van der Waals surface area contributed by atoms with Crippen LogP contribution in [0.5, 0.6) is 0 Å². The van der Waals surface area contributed by atoms with E-state index in [1.54, 1.807) is 0 Å². The molecule has 0 saturated heterocycles. The van der Waals surface area contributed by atoms with E-state index in [1.807, 2.05) is 0 Å². The van der Waals surface area contributed by atoms with Crippen molar-refractivity contribution in [3.8, 4) is 0 Å². The smallest absolute Gasteiger partial charge is 0.0127 e. The van der Waals surface area contributed by atoms with E-state index in [0.717, 1.165) is 17.8 Å². The predicted octanol–water partition coefficient (Wildman–Crippen LogP) is 3.33. The molecule has 0 amide bonds. The summed E-state index contributed by atoms with van der Waals surface area (Å²) in [4.78, 5) is 0. The van der Waals surface area contributed by atoms with Crippen LogP contribution in [0, 0.1) is 23.2 Å². The average molecular weight is 207 g/mol. The minimum atomic E-state index is 0.561. The van der Waals surface area contributed by atoms with Crippen LogP contribution >= 0.6 is 0 Å². The summed E-state index contributed by atoms with van der Waals surface area (Å²) < 4.78 is 0. The molecule has 2 bridgehead atoms. The fourth-order valence-electron chi connectivity index (χ4n) is 5.09. The van der Waals surface area contributed by atoms with Crippen molar-refractivity contribution >= 4 is 0 Å². The van der Waals surface area contributed by atoms with Crippen LogP contribution in [-0.2, 0) is 0 Å². The van der Waals surface area contributed by atoms with Crippen LogP contribution in [0.3, 0.4) is 0 Å². The summed E-state index contributed by atoms with van der Waals surface area (Å²) in [6, 6.07) is 0.561. The summed E-state index contributed by atoms with van der Waals surface area (Å²) >= 11 is 0. The number of hydrogen-bond acceptors (Lipinski definition) is 1. The van der Waals surface area contributed by atoms with Crippen molar-refractivity contribution in [2.75, 3.05) is 0 Å². The van der Waals surface area contributed by atoms with E-state index in [9.17, 15) is 0 Å². The number of rotatable bonds is 1.